The van der Waals surface area contributed by atoms with Gasteiger partial charge in [-0.3, -0.25) is 5.43 Å². The van der Waals surface area contributed by atoms with Crippen LogP contribution in [0.25, 0.3) is 0 Å². The standard InChI is InChI=1S/C17H15FN4OS/c18-14-6-1-2-7-15(14)23-10-13-5-3-4-12(8-13)9-20-22-17-21-16(19)11-24-17/h1-9,11H,10,19H2,(H,21,22). The van der Waals surface area contributed by atoms with Crippen molar-refractivity contribution in [3.8, 4) is 5.75 Å². The average Bonchev–Trinajstić information content (AvgIpc) is 3.00. The number of anilines is 2. The summed E-state index contributed by atoms with van der Waals surface area (Å²) in [6.45, 7) is 0.277. The number of hydrazone groups is 1. The van der Waals surface area contributed by atoms with E-state index in [0.29, 0.717) is 10.9 Å². The highest BCUT2D eigenvalue weighted by molar-refractivity contribution is 7.14. The van der Waals surface area contributed by atoms with Gasteiger partial charge in [-0.2, -0.15) is 5.10 Å². The summed E-state index contributed by atoms with van der Waals surface area (Å²) >= 11 is 1.38. The third kappa shape index (κ3) is 4.30. The summed E-state index contributed by atoms with van der Waals surface area (Å²) in [5.74, 6) is 0.326. The van der Waals surface area contributed by atoms with Crippen molar-refractivity contribution >= 4 is 28.5 Å². The number of nitrogen functional groups attached to an aromatic ring is 1. The second kappa shape index (κ2) is 7.56. The summed E-state index contributed by atoms with van der Waals surface area (Å²) in [7, 11) is 0. The number of para-hydroxylation sites is 1. The van der Waals surface area contributed by atoms with Crippen molar-refractivity contribution < 1.29 is 9.13 Å². The smallest absolute Gasteiger partial charge is 0.205 e. The molecular formula is C17H15FN4OS. The monoisotopic (exact) mass is 342 g/mol. The van der Waals surface area contributed by atoms with Gasteiger partial charge in [0.25, 0.3) is 0 Å². The van der Waals surface area contributed by atoms with Crippen molar-refractivity contribution in [2.45, 2.75) is 6.61 Å². The topological polar surface area (TPSA) is 72.5 Å². The van der Waals surface area contributed by atoms with E-state index in [1.807, 2.05) is 24.3 Å². The molecule has 0 aliphatic rings. The van der Waals surface area contributed by atoms with Crippen LogP contribution in [-0.4, -0.2) is 11.2 Å². The molecule has 3 N–H and O–H groups in total. The third-order valence-electron chi connectivity index (χ3n) is 3.08. The van der Waals surface area contributed by atoms with Crippen molar-refractivity contribution in [2.24, 2.45) is 5.10 Å². The maximum Gasteiger partial charge on any atom is 0.205 e. The van der Waals surface area contributed by atoms with E-state index < -0.39 is 0 Å². The van der Waals surface area contributed by atoms with E-state index in [-0.39, 0.29) is 18.2 Å². The van der Waals surface area contributed by atoms with Gasteiger partial charge in [0.15, 0.2) is 11.6 Å². The van der Waals surface area contributed by atoms with E-state index in [2.05, 4.69) is 15.5 Å². The summed E-state index contributed by atoms with van der Waals surface area (Å²) in [5.41, 5.74) is 10.2. The first-order valence-electron chi connectivity index (χ1n) is 7.17. The molecule has 3 aromatic rings. The Labute approximate surface area is 142 Å². The molecular weight excluding hydrogens is 327 g/mol. The molecule has 0 saturated carbocycles. The number of ether oxygens (including phenoxy) is 1. The molecule has 5 nitrogen and oxygen atoms in total. The van der Waals surface area contributed by atoms with E-state index in [0.717, 1.165) is 11.1 Å². The van der Waals surface area contributed by atoms with Crippen molar-refractivity contribution in [2.75, 3.05) is 11.2 Å². The van der Waals surface area contributed by atoms with Crippen molar-refractivity contribution in [1.29, 1.82) is 0 Å². The normalized spacial score (nSPS) is 10.9. The molecule has 3 rings (SSSR count). The zero-order chi connectivity index (χ0) is 16.8. The molecule has 0 unspecified atom stereocenters. The Morgan fingerprint density at radius 1 is 1.25 bits per heavy atom. The molecule has 0 spiro atoms. The lowest BCUT2D eigenvalue weighted by Gasteiger charge is -2.07. The summed E-state index contributed by atoms with van der Waals surface area (Å²) in [6.07, 6.45) is 1.67. The number of rotatable bonds is 6. The molecule has 7 heteroatoms. The molecule has 0 fully saturated rings. The fourth-order valence-electron chi connectivity index (χ4n) is 1.99. The minimum Gasteiger partial charge on any atom is -0.486 e. The molecule has 0 bridgehead atoms. The van der Waals surface area contributed by atoms with Crippen LogP contribution in [0.5, 0.6) is 5.75 Å². The zero-order valence-corrected chi connectivity index (χ0v) is 13.5. The van der Waals surface area contributed by atoms with Gasteiger partial charge in [0.05, 0.1) is 6.21 Å². The highest BCUT2D eigenvalue weighted by Crippen LogP contribution is 2.18. The van der Waals surface area contributed by atoms with Crippen LogP contribution >= 0.6 is 11.3 Å². The van der Waals surface area contributed by atoms with Gasteiger partial charge >= 0.3 is 0 Å². The molecule has 2 aromatic carbocycles. The van der Waals surface area contributed by atoms with Gasteiger partial charge in [-0.15, -0.1) is 11.3 Å². The first-order valence-corrected chi connectivity index (χ1v) is 8.05. The van der Waals surface area contributed by atoms with Gasteiger partial charge in [-0.05, 0) is 29.3 Å². The van der Waals surface area contributed by atoms with Gasteiger partial charge < -0.3 is 10.5 Å². The zero-order valence-electron chi connectivity index (χ0n) is 12.6. The summed E-state index contributed by atoms with van der Waals surface area (Å²) in [4.78, 5) is 4.05. The van der Waals surface area contributed by atoms with Gasteiger partial charge in [0.1, 0.15) is 12.4 Å². The van der Waals surface area contributed by atoms with Gasteiger partial charge in [0.2, 0.25) is 5.13 Å². The molecule has 0 aliphatic carbocycles. The number of nitrogens with zero attached hydrogens (tertiary/aromatic N) is 2. The Morgan fingerprint density at radius 2 is 2.12 bits per heavy atom. The molecule has 122 valence electrons. The minimum atomic E-state index is -0.373. The minimum absolute atomic E-state index is 0.236. The SMILES string of the molecule is Nc1csc(NN=Cc2cccc(COc3ccccc3F)c2)n1. The third-order valence-corrected chi connectivity index (χ3v) is 3.84. The number of nitrogens with two attached hydrogens (primary N) is 1. The van der Waals surface area contributed by atoms with Gasteiger partial charge in [-0.25, -0.2) is 9.37 Å². The van der Waals surface area contributed by atoms with Crippen LogP contribution in [0.3, 0.4) is 0 Å². The second-order valence-electron chi connectivity index (χ2n) is 4.91. The Balaban J connectivity index is 1.60. The van der Waals surface area contributed by atoms with E-state index in [1.54, 1.807) is 29.8 Å². The number of thiazole rings is 1. The maximum absolute atomic E-state index is 13.5. The summed E-state index contributed by atoms with van der Waals surface area (Å²) in [5, 5.41) is 6.48. The lowest BCUT2D eigenvalue weighted by Crippen LogP contribution is -1.98. The number of benzene rings is 2. The largest absolute Gasteiger partial charge is 0.486 e. The summed E-state index contributed by atoms with van der Waals surface area (Å²) < 4.78 is 19.0. The Kier molecular flexibility index (Phi) is 5.02. The van der Waals surface area contributed by atoms with Crippen molar-refractivity contribution in [1.82, 2.24) is 4.98 Å². The molecule has 24 heavy (non-hydrogen) atoms. The molecule has 1 aromatic heterocycles. The second-order valence-corrected chi connectivity index (χ2v) is 5.77. The van der Waals surface area contributed by atoms with Crippen LogP contribution in [0.15, 0.2) is 59.0 Å². The van der Waals surface area contributed by atoms with Crippen LogP contribution in [0, 0.1) is 5.82 Å². The van der Waals surface area contributed by atoms with E-state index in [9.17, 15) is 4.39 Å². The highest BCUT2D eigenvalue weighted by atomic mass is 32.1. The Morgan fingerprint density at radius 3 is 2.92 bits per heavy atom. The molecule has 1 heterocycles. The molecule has 0 radical (unpaired) electrons. The van der Waals surface area contributed by atoms with Crippen LogP contribution in [-0.2, 0) is 6.61 Å². The number of nitrogens with one attached hydrogen (secondary N) is 1. The van der Waals surface area contributed by atoms with E-state index >= 15 is 0 Å². The average molecular weight is 342 g/mol. The Hall–Kier alpha value is -2.93. The molecule has 0 amide bonds. The van der Waals surface area contributed by atoms with E-state index in [4.69, 9.17) is 10.5 Å². The number of hydrogen-bond donors (Lipinski definition) is 2. The van der Waals surface area contributed by atoms with E-state index in [1.165, 1.54) is 17.4 Å². The summed E-state index contributed by atoms with van der Waals surface area (Å²) in [6, 6.07) is 14.0. The quantitative estimate of drug-likeness (QED) is 0.526. The number of aromatic nitrogens is 1. The number of halogens is 1. The van der Waals surface area contributed by atoms with Gasteiger partial charge in [0, 0.05) is 5.38 Å². The van der Waals surface area contributed by atoms with Crippen molar-refractivity contribution in [3.05, 3.63) is 70.9 Å². The predicted molar refractivity (Wildman–Crippen MR) is 94.9 cm³/mol. The first kappa shape index (κ1) is 15.9. The predicted octanol–water partition coefficient (Wildman–Crippen LogP) is 3.89. The fourth-order valence-corrected chi connectivity index (χ4v) is 2.53. The van der Waals surface area contributed by atoms with Gasteiger partial charge in [-0.1, -0.05) is 30.3 Å². The molecule has 0 saturated heterocycles. The van der Waals surface area contributed by atoms with Crippen LogP contribution in [0.1, 0.15) is 11.1 Å². The van der Waals surface area contributed by atoms with Crippen LogP contribution in [0.4, 0.5) is 15.3 Å². The lowest BCUT2D eigenvalue weighted by atomic mass is 10.1. The molecule has 0 atom stereocenters. The van der Waals surface area contributed by atoms with Crippen molar-refractivity contribution in [3.63, 3.8) is 0 Å². The lowest BCUT2D eigenvalue weighted by molar-refractivity contribution is 0.290. The molecule has 0 aliphatic heterocycles. The fraction of sp³-hybridized carbons (Fsp3) is 0.0588. The Bertz CT molecular complexity index is 850. The first-order chi connectivity index (χ1) is 11.7. The van der Waals surface area contributed by atoms with Crippen LogP contribution in [0.2, 0.25) is 0 Å². The number of hydrogen-bond acceptors (Lipinski definition) is 6. The highest BCUT2D eigenvalue weighted by Gasteiger charge is 2.02. The van der Waals surface area contributed by atoms with Crippen LogP contribution < -0.4 is 15.9 Å². The maximum atomic E-state index is 13.5.